The number of esters is 1. The van der Waals surface area contributed by atoms with Crippen LogP contribution >= 0.6 is 0 Å². The number of benzene rings is 1. The molecule has 0 saturated carbocycles. The van der Waals surface area contributed by atoms with E-state index in [4.69, 9.17) is 9.47 Å². The fourth-order valence-corrected chi connectivity index (χ4v) is 1.51. The van der Waals surface area contributed by atoms with Crippen molar-refractivity contribution in [3.05, 3.63) is 52.6 Å². The first-order valence-corrected chi connectivity index (χ1v) is 6.56. The van der Waals surface area contributed by atoms with E-state index in [0.717, 1.165) is 6.08 Å². The molecule has 122 valence electrons. The van der Waals surface area contributed by atoms with Gasteiger partial charge in [-0.2, -0.15) is 0 Å². The summed E-state index contributed by atoms with van der Waals surface area (Å²) in [5, 5.41) is 13.3. The molecule has 23 heavy (non-hydrogen) atoms. The summed E-state index contributed by atoms with van der Waals surface area (Å²) in [7, 11) is 1.37. The number of nitrogens with one attached hydrogen (secondary N) is 1. The van der Waals surface area contributed by atoms with Gasteiger partial charge in [0.15, 0.2) is 6.61 Å². The molecule has 8 nitrogen and oxygen atoms in total. The average molecular weight is 320 g/mol. The fraction of sp³-hybridized carbons (Fsp3) is 0.200. The molecule has 1 rings (SSSR count). The van der Waals surface area contributed by atoms with Crippen LogP contribution in [0.1, 0.15) is 6.92 Å². The van der Waals surface area contributed by atoms with E-state index in [0.29, 0.717) is 0 Å². The number of methoxy groups -OCH3 is 1. The van der Waals surface area contributed by atoms with E-state index >= 15 is 0 Å². The summed E-state index contributed by atoms with van der Waals surface area (Å²) in [6.07, 6.45) is 5.97. The van der Waals surface area contributed by atoms with Crippen LogP contribution in [0.25, 0.3) is 0 Å². The van der Waals surface area contributed by atoms with Crippen LogP contribution in [0.15, 0.2) is 42.5 Å². The largest absolute Gasteiger partial charge is 0.496 e. The minimum Gasteiger partial charge on any atom is -0.496 e. The quantitative estimate of drug-likeness (QED) is 0.271. The highest BCUT2D eigenvalue weighted by Gasteiger charge is 2.17. The molecule has 0 saturated heterocycles. The van der Waals surface area contributed by atoms with Gasteiger partial charge in [0.2, 0.25) is 0 Å². The van der Waals surface area contributed by atoms with Crippen molar-refractivity contribution in [1.82, 2.24) is 0 Å². The van der Waals surface area contributed by atoms with Crippen molar-refractivity contribution >= 4 is 23.3 Å². The number of nitro benzene ring substituents is 1. The summed E-state index contributed by atoms with van der Waals surface area (Å²) in [6.45, 7) is 1.23. The minimum atomic E-state index is -0.692. The molecule has 0 fully saturated rings. The third kappa shape index (κ3) is 6.00. The van der Waals surface area contributed by atoms with Crippen LogP contribution in [-0.4, -0.2) is 30.5 Å². The lowest BCUT2D eigenvalue weighted by Gasteiger charge is -2.07. The number of nitro groups is 1. The van der Waals surface area contributed by atoms with Crippen LogP contribution in [0.5, 0.6) is 5.75 Å². The van der Waals surface area contributed by atoms with Gasteiger partial charge in [0.05, 0.1) is 18.1 Å². The molecule has 1 aromatic rings. The lowest BCUT2D eigenvalue weighted by atomic mass is 10.2. The number of amides is 1. The molecule has 1 aromatic carbocycles. The standard InChI is InChI=1S/C15H16N2O6/c1-3-4-5-6-15(19)23-10-14(18)16-12-8-7-11(22-2)9-13(12)17(20)21/h3-9H,10H2,1-2H3,(H,16,18)/b4-3+,6-5+. The maximum atomic E-state index is 11.7. The second-order valence-electron chi connectivity index (χ2n) is 4.18. The summed E-state index contributed by atoms with van der Waals surface area (Å²) < 4.78 is 9.59. The molecule has 0 aliphatic carbocycles. The summed E-state index contributed by atoms with van der Waals surface area (Å²) in [6, 6.07) is 3.98. The minimum absolute atomic E-state index is 0.0127. The van der Waals surface area contributed by atoms with Crippen molar-refractivity contribution in [2.75, 3.05) is 19.0 Å². The number of nitrogens with zero attached hydrogens (tertiary/aromatic N) is 1. The zero-order valence-corrected chi connectivity index (χ0v) is 12.6. The second-order valence-corrected chi connectivity index (χ2v) is 4.18. The fourth-order valence-electron chi connectivity index (χ4n) is 1.51. The van der Waals surface area contributed by atoms with Gasteiger partial charge in [-0.25, -0.2) is 4.79 Å². The Kier molecular flexibility index (Phi) is 6.99. The molecule has 8 heteroatoms. The zero-order chi connectivity index (χ0) is 17.2. The van der Waals surface area contributed by atoms with Gasteiger partial charge in [-0.3, -0.25) is 14.9 Å². The number of anilines is 1. The molecule has 0 aliphatic heterocycles. The van der Waals surface area contributed by atoms with Crippen LogP contribution < -0.4 is 10.1 Å². The van der Waals surface area contributed by atoms with Gasteiger partial charge in [-0.05, 0) is 19.1 Å². The Labute approximate surface area is 132 Å². The first-order chi connectivity index (χ1) is 11.0. The molecule has 1 amide bonds. The Hall–Kier alpha value is -3.16. The third-order valence-electron chi connectivity index (χ3n) is 2.56. The molecule has 0 spiro atoms. The highest BCUT2D eigenvalue weighted by atomic mass is 16.6. The second kappa shape index (κ2) is 8.98. The van der Waals surface area contributed by atoms with Gasteiger partial charge >= 0.3 is 5.97 Å². The number of ether oxygens (including phenoxy) is 2. The van der Waals surface area contributed by atoms with Gasteiger partial charge in [0, 0.05) is 6.08 Å². The SMILES string of the molecule is C/C=C/C=C/C(=O)OCC(=O)Nc1ccc(OC)cc1[N+](=O)[O-]. The number of carbonyl (C=O) groups excluding carboxylic acids is 2. The Bertz CT molecular complexity index is 651. The number of rotatable bonds is 7. The summed E-state index contributed by atoms with van der Waals surface area (Å²) in [5.74, 6) is -1.09. The molecule has 0 aliphatic rings. The lowest BCUT2D eigenvalue weighted by molar-refractivity contribution is -0.384. The van der Waals surface area contributed by atoms with E-state index in [1.54, 1.807) is 19.1 Å². The monoisotopic (exact) mass is 320 g/mol. The first kappa shape index (κ1) is 17.9. The van der Waals surface area contributed by atoms with Crippen LogP contribution in [0.4, 0.5) is 11.4 Å². The van der Waals surface area contributed by atoms with Crippen molar-refractivity contribution < 1.29 is 24.0 Å². The van der Waals surface area contributed by atoms with E-state index in [2.05, 4.69) is 5.32 Å². The molecule has 0 unspecified atom stereocenters. The Morgan fingerprint density at radius 3 is 2.70 bits per heavy atom. The van der Waals surface area contributed by atoms with Crippen LogP contribution in [-0.2, 0) is 14.3 Å². The number of hydrogen-bond acceptors (Lipinski definition) is 6. The van der Waals surface area contributed by atoms with Crippen molar-refractivity contribution in [1.29, 1.82) is 0 Å². The molecular weight excluding hydrogens is 304 g/mol. The highest BCUT2D eigenvalue weighted by Crippen LogP contribution is 2.28. The van der Waals surface area contributed by atoms with Gasteiger partial charge in [-0.1, -0.05) is 18.2 Å². The number of carbonyl (C=O) groups is 2. The molecule has 0 radical (unpaired) electrons. The van der Waals surface area contributed by atoms with E-state index in [-0.39, 0.29) is 17.1 Å². The van der Waals surface area contributed by atoms with Crippen molar-refractivity contribution in [3.8, 4) is 5.75 Å². The van der Waals surface area contributed by atoms with Gasteiger partial charge < -0.3 is 14.8 Å². The Morgan fingerprint density at radius 2 is 2.09 bits per heavy atom. The van der Waals surface area contributed by atoms with Gasteiger partial charge in [-0.15, -0.1) is 0 Å². The lowest BCUT2D eigenvalue weighted by Crippen LogP contribution is -2.20. The zero-order valence-electron chi connectivity index (χ0n) is 12.6. The van der Waals surface area contributed by atoms with E-state index in [1.807, 2.05) is 0 Å². The summed E-state index contributed by atoms with van der Waals surface area (Å²) in [4.78, 5) is 33.3. The van der Waals surface area contributed by atoms with Crippen molar-refractivity contribution in [2.24, 2.45) is 0 Å². The molecule has 0 heterocycles. The van der Waals surface area contributed by atoms with Crippen molar-refractivity contribution in [2.45, 2.75) is 6.92 Å². The smallest absolute Gasteiger partial charge is 0.331 e. The van der Waals surface area contributed by atoms with E-state index < -0.39 is 23.4 Å². The highest BCUT2D eigenvalue weighted by molar-refractivity contribution is 5.95. The summed E-state index contributed by atoms with van der Waals surface area (Å²) in [5.41, 5.74) is -0.335. The van der Waals surface area contributed by atoms with Crippen LogP contribution in [0, 0.1) is 10.1 Å². The summed E-state index contributed by atoms with van der Waals surface area (Å²) >= 11 is 0. The topological polar surface area (TPSA) is 108 Å². The number of allylic oxidation sites excluding steroid dienone is 3. The van der Waals surface area contributed by atoms with Crippen molar-refractivity contribution in [3.63, 3.8) is 0 Å². The maximum Gasteiger partial charge on any atom is 0.331 e. The Morgan fingerprint density at radius 1 is 1.35 bits per heavy atom. The molecule has 0 bridgehead atoms. The molecule has 1 N–H and O–H groups in total. The first-order valence-electron chi connectivity index (χ1n) is 6.56. The van der Waals surface area contributed by atoms with E-state index in [1.165, 1.54) is 31.4 Å². The van der Waals surface area contributed by atoms with Crippen LogP contribution in [0.3, 0.4) is 0 Å². The Balaban J connectivity index is 2.67. The molecular formula is C15H16N2O6. The maximum absolute atomic E-state index is 11.7. The molecule has 0 atom stereocenters. The molecule has 0 aromatic heterocycles. The third-order valence-corrected chi connectivity index (χ3v) is 2.56. The predicted molar refractivity (Wildman–Crippen MR) is 83.2 cm³/mol. The average Bonchev–Trinajstić information content (AvgIpc) is 2.53. The predicted octanol–water partition coefficient (Wildman–Crippen LogP) is 2.22. The normalized spacial score (nSPS) is 10.7. The van der Waals surface area contributed by atoms with E-state index in [9.17, 15) is 19.7 Å². The van der Waals surface area contributed by atoms with Crippen LogP contribution in [0.2, 0.25) is 0 Å². The van der Waals surface area contributed by atoms with Gasteiger partial charge in [0.1, 0.15) is 11.4 Å². The van der Waals surface area contributed by atoms with Gasteiger partial charge in [0.25, 0.3) is 11.6 Å². The number of hydrogen-bond donors (Lipinski definition) is 1.